The van der Waals surface area contributed by atoms with Crippen molar-refractivity contribution < 1.29 is 18.3 Å². The van der Waals surface area contributed by atoms with Crippen molar-refractivity contribution >= 4 is 33.0 Å². The zero-order valence-corrected chi connectivity index (χ0v) is 13.9. The molecule has 0 fully saturated rings. The molecule has 0 amide bonds. The Balaban J connectivity index is 2.06. The summed E-state index contributed by atoms with van der Waals surface area (Å²) in [5.41, 5.74) is 1.62. The van der Waals surface area contributed by atoms with Gasteiger partial charge in [0.15, 0.2) is 4.21 Å². The highest BCUT2D eigenvalue weighted by molar-refractivity contribution is 7.94. The summed E-state index contributed by atoms with van der Waals surface area (Å²) in [5, 5.41) is 12.6. The molecule has 0 saturated carbocycles. The smallest absolute Gasteiger partial charge is 0.338 e. The van der Waals surface area contributed by atoms with E-state index < -0.39 is 16.0 Å². The molecule has 23 heavy (non-hydrogen) atoms. The van der Waals surface area contributed by atoms with Crippen LogP contribution < -0.4 is 10.0 Å². The third kappa shape index (κ3) is 3.07. The standard InChI is InChI=1S/C14H15N3O4S2/c1-8-4-9(6-16-5-8)17-23(20,21)14-12(13(18)19)10-2-3-15-7-11(10)22-14/h4-6,15,17H,2-3,7H2,1H3,(H,18,19). The van der Waals surface area contributed by atoms with Crippen molar-refractivity contribution in [1.29, 1.82) is 0 Å². The highest BCUT2D eigenvalue weighted by Crippen LogP contribution is 2.35. The van der Waals surface area contributed by atoms with Crippen molar-refractivity contribution in [2.24, 2.45) is 0 Å². The monoisotopic (exact) mass is 353 g/mol. The fraction of sp³-hybridized carbons (Fsp3) is 0.286. The first kappa shape index (κ1) is 15.9. The van der Waals surface area contributed by atoms with Gasteiger partial charge in [-0.15, -0.1) is 11.3 Å². The molecule has 0 unspecified atom stereocenters. The fourth-order valence-electron chi connectivity index (χ4n) is 2.53. The molecule has 0 saturated heterocycles. The van der Waals surface area contributed by atoms with Crippen LogP contribution >= 0.6 is 11.3 Å². The minimum absolute atomic E-state index is 0.111. The minimum atomic E-state index is -3.98. The number of anilines is 1. The van der Waals surface area contributed by atoms with Crippen molar-refractivity contribution in [3.8, 4) is 0 Å². The lowest BCUT2D eigenvalue weighted by atomic mass is 10.1. The van der Waals surface area contributed by atoms with Crippen LogP contribution in [0, 0.1) is 6.92 Å². The van der Waals surface area contributed by atoms with Crippen LogP contribution in [0.4, 0.5) is 5.69 Å². The van der Waals surface area contributed by atoms with Gasteiger partial charge >= 0.3 is 5.97 Å². The summed E-state index contributed by atoms with van der Waals surface area (Å²) in [6.07, 6.45) is 3.51. The number of aromatic nitrogens is 1. The van der Waals surface area contributed by atoms with E-state index in [9.17, 15) is 18.3 Å². The molecule has 122 valence electrons. The quantitative estimate of drug-likeness (QED) is 0.770. The van der Waals surface area contributed by atoms with Gasteiger partial charge in [0.2, 0.25) is 0 Å². The Kier molecular flexibility index (Phi) is 4.09. The lowest BCUT2D eigenvalue weighted by Crippen LogP contribution is -2.23. The van der Waals surface area contributed by atoms with E-state index in [4.69, 9.17) is 0 Å². The molecule has 0 bridgehead atoms. The number of sulfonamides is 1. The van der Waals surface area contributed by atoms with E-state index in [2.05, 4.69) is 15.0 Å². The van der Waals surface area contributed by atoms with Crippen LogP contribution in [0.15, 0.2) is 22.7 Å². The number of aromatic carboxylic acids is 1. The first-order chi connectivity index (χ1) is 10.9. The number of rotatable bonds is 4. The summed E-state index contributed by atoms with van der Waals surface area (Å²) < 4.78 is 27.6. The third-order valence-corrected chi connectivity index (χ3v) is 6.61. The van der Waals surface area contributed by atoms with Gasteiger partial charge in [-0.3, -0.25) is 9.71 Å². The second-order valence-corrected chi connectivity index (χ2v) is 8.24. The highest BCUT2D eigenvalue weighted by Gasteiger charge is 2.32. The molecule has 9 heteroatoms. The maximum Gasteiger partial charge on any atom is 0.338 e. The van der Waals surface area contributed by atoms with E-state index in [1.807, 2.05) is 0 Å². The Morgan fingerprint density at radius 3 is 2.91 bits per heavy atom. The Morgan fingerprint density at radius 2 is 2.22 bits per heavy atom. The Morgan fingerprint density at radius 1 is 1.43 bits per heavy atom. The number of hydrogen-bond donors (Lipinski definition) is 3. The Hall–Kier alpha value is -1.97. The Bertz CT molecular complexity index is 874. The SMILES string of the molecule is Cc1cncc(NS(=O)(=O)c2sc3c(c2C(=O)O)CCNC3)c1. The molecule has 0 aromatic carbocycles. The molecule has 0 aliphatic carbocycles. The van der Waals surface area contributed by atoms with Crippen LogP contribution in [-0.2, 0) is 23.0 Å². The predicted molar refractivity (Wildman–Crippen MR) is 86.5 cm³/mol. The Labute approximate surface area is 137 Å². The average Bonchev–Trinajstić information content (AvgIpc) is 2.87. The summed E-state index contributed by atoms with van der Waals surface area (Å²) in [4.78, 5) is 16.3. The van der Waals surface area contributed by atoms with Crippen LogP contribution in [0.2, 0.25) is 0 Å². The van der Waals surface area contributed by atoms with E-state index >= 15 is 0 Å². The third-order valence-electron chi connectivity index (χ3n) is 3.48. The van der Waals surface area contributed by atoms with Crippen molar-refractivity contribution in [3.63, 3.8) is 0 Å². The number of nitrogens with one attached hydrogen (secondary N) is 2. The predicted octanol–water partition coefficient (Wildman–Crippen LogP) is 1.60. The van der Waals surface area contributed by atoms with E-state index in [-0.39, 0.29) is 9.77 Å². The summed E-state index contributed by atoms with van der Waals surface area (Å²) >= 11 is 1.01. The molecule has 1 aliphatic rings. The van der Waals surface area contributed by atoms with Gasteiger partial charge in [-0.25, -0.2) is 13.2 Å². The minimum Gasteiger partial charge on any atom is -0.478 e. The van der Waals surface area contributed by atoms with Crippen molar-refractivity contribution in [1.82, 2.24) is 10.3 Å². The fourth-order valence-corrected chi connectivity index (χ4v) is 5.42. The summed E-state index contributed by atoms with van der Waals surface area (Å²) in [7, 11) is -3.98. The average molecular weight is 353 g/mol. The summed E-state index contributed by atoms with van der Waals surface area (Å²) in [5.74, 6) is -1.22. The highest BCUT2D eigenvalue weighted by atomic mass is 32.2. The molecule has 3 N–H and O–H groups in total. The maximum absolute atomic E-state index is 12.6. The second-order valence-electron chi connectivity index (χ2n) is 5.25. The zero-order chi connectivity index (χ0) is 16.6. The molecule has 1 aliphatic heterocycles. The van der Waals surface area contributed by atoms with Gasteiger partial charge < -0.3 is 10.4 Å². The second kappa shape index (κ2) is 5.91. The van der Waals surface area contributed by atoms with Gasteiger partial charge in [-0.2, -0.15) is 0 Å². The normalized spacial score (nSPS) is 14.3. The number of hydrogen-bond acceptors (Lipinski definition) is 6. The lowest BCUT2D eigenvalue weighted by molar-refractivity contribution is 0.0692. The molecule has 0 radical (unpaired) electrons. The number of carboxylic acid groups (broad SMARTS) is 1. The number of nitrogens with zero attached hydrogens (tertiary/aromatic N) is 1. The zero-order valence-electron chi connectivity index (χ0n) is 12.3. The van der Waals surface area contributed by atoms with Crippen LogP contribution in [0.1, 0.15) is 26.4 Å². The molecule has 0 spiro atoms. The molecule has 0 atom stereocenters. The van der Waals surface area contributed by atoms with E-state index in [1.165, 1.54) is 6.20 Å². The maximum atomic E-state index is 12.6. The van der Waals surface area contributed by atoms with Crippen LogP contribution in [0.5, 0.6) is 0 Å². The number of aryl methyl sites for hydroxylation is 1. The van der Waals surface area contributed by atoms with E-state index in [0.29, 0.717) is 30.8 Å². The topological polar surface area (TPSA) is 108 Å². The molecule has 7 nitrogen and oxygen atoms in total. The summed E-state index contributed by atoms with van der Waals surface area (Å²) in [6, 6.07) is 1.64. The number of thiophene rings is 1. The van der Waals surface area contributed by atoms with Gasteiger partial charge in [0.05, 0.1) is 17.4 Å². The van der Waals surface area contributed by atoms with Gasteiger partial charge in [0, 0.05) is 17.6 Å². The lowest BCUT2D eigenvalue weighted by Gasteiger charge is -2.12. The largest absolute Gasteiger partial charge is 0.478 e. The first-order valence-corrected chi connectivity index (χ1v) is 9.21. The van der Waals surface area contributed by atoms with Crippen molar-refractivity contribution in [2.75, 3.05) is 11.3 Å². The van der Waals surface area contributed by atoms with E-state index in [0.717, 1.165) is 21.8 Å². The number of carboxylic acids is 1. The number of carbonyl (C=O) groups is 1. The van der Waals surface area contributed by atoms with Gasteiger partial charge in [-0.1, -0.05) is 0 Å². The van der Waals surface area contributed by atoms with Crippen molar-refractivity contribution in [3.05, 3.63) is 40.0 Å². The number of pyridine rings is 1. The molecule has 2 aromatic rings. The van der Waals surface area contributed by atoms with Crippen molar-refractivity contribution in [2.45, 2.75) is 24.1 Å². The summed E-state index contributed by atoms with van der Waals surface area (Å²) in [6.45, 7) is 2.92. The van der Waals surface area contributed by atoms with Crippen LogP contribution in [-0.4, -0.2) is 31.0 Å². The molecular weight excluding hydrogens is 338 g/mol. The van der Waals surface area contributed by atoms with E-state index in [1.54, 1.807) is 19.2 Å². The van der Waals surface area contributed by atoms with Crippen LogP contribution in [0.3, 0.4) is 0 Å². The van der Waals surface area contributed by atoms with Gasteiger partial charge in [-0.05, 0) is 37.1 Å². The molecule has 3 rings (SSSR count). The van der Waals surface area contributed by atoms with Gasteiger partial charge in [0.1, 0.15) is 0 Å². The van der Waals surface area contributed by atoms with Crippen LogP contribution in [0.25, 0.3) is 0 Å². The number of fused-ring (bicyclic) bond motifs is 1. The molecule has 3 heterocycles. The van der Waals surface area contributed by atoms with Gasteiger partial charge in [0.25, 0.3) is 10.0 Å². The molecule has 2 aromatic heterocycles. The molecular formula is C14H15N3O4S2. The first-order valence-electron chi connectivity index (χ1n) is 6.91.